The molecule has 2 aromatic heterocycles. The lowest BCUT2D eigenvalue weighted by molar-refractivity contribution is -0.152. The lowest BCUT2D eigenvalue weighted by Crippen LogP contribution is -2.35. The van der Waals surface area contributed by atoms with Crippen LogP contribution in [-0.2, 0) is 15.7 Å². The molecule has 10 nitrogen and oxygen atoms in total. The van der Waals surface area contributed by atoms with Crippen molar-refractivity contribution in [2.24, 2.45) is 5.41 Å². The second-order valence-corrected chi connectivity index (χ2v) is 11.6. The van der Waals surface area contributed by atoms with Crippen molar-refractivity contribution in [2.75, 3.05) is 30.3 Å². The number of aliphatic hydroxyl groups is 2. The molecule has 46 heavy (non-hydrogen) atoms. The third-order valence-electron chi connectivity index (χ3n) is 7.93. The number of anilines is 2. The van der Waals surface area contributed by atoms with E-state index >= 15 is 0 Å². The van der Waals surface area contributed by atoms with Crippen molar-refractivity contribution in [2.45, 2.75) is 37.9 Å². The Labute approximate surface area is 258 Å². The molecule has 1 aliphatic heterocycles. The number of alkyl halides is 3. The molecule has 0 saturated heterocycles. The molecule has 0 radical (unpaired) electrons. The topological polar surface area (TPSA) is 126 Å². The Balaban J connectivity index is 1.37. The average Bonchev–Trinajstić information content (AvgIpc) is 3.65. The number of hydrazine groups is 1. The van der Waals surface area contributed by atoms with E-state index in [2.05, 4.69) is 15.6 Å². The molecule has 3 N–H and O–H groups in total. The van der Waals surface area contributed by atoms with E-state index in [0.29, 0.717) is 5.56 Å². The molecular weight excluding hydrogens is 617 g/mol. The van der Waals surface area contributed by atoms with E-state index in [1.807, 2.05) is 0 Å². The Kier molecular flexibility index (Phi) is 8.06. The van der Waals surface area contributed by atoms with Gasteiger partial charge in [0.05, 0.1) is 30.8 Å². The molecule has 2 aromatic carbocycles. The van der Waals surface area contributed by atoms with E-state index in [-0.39, 0.29) is 40.1 Å². The van der Waals surface area contributed by atoms with Gasteiger partial charge in [0, 0.05) is 23.2 Å². The molecule has 1 aliphatic carbocycles. The Hall–Kier alpha value is -4.76. The molecule has 15 heteroatoms. The summed E-state index contributed by atoms with van der Waals surface area (Å²) >= 11 is 0. The van der Waals surface area contributed by atoms with Crippen LogP contribution in [0, 0.1) is 17.0 Å². The summed E-state index contributed by atoms with van der Waals surface area (Å²) in [7, 11) is 0. The first-order chi connectivity index (χ1) is 21.9. The largest absolute Gasteiger partial charge is 0.463 e. The summed E-state index contributed by atoms with van der Waals surface area (Å²) in [5.41, 5.74) is 1.00. The van der Waals surface area contributed by atoms with Crippen LogP contribution in [0.25, 0.3) is 17.3 Å². The molecule has 1 unspecified atom stereocenters. The zero-order chi connectivity index (χ0) is 32.8. The van der Waals surface area contributed by atoms with E-state index in [1.54, 1.807) is 6.07 Å². The predicted octanol–water partition coefficient (Wildman–Crippen LogP) is 5.65. The normalized spacial score (nSPS) is 15.4. The van der Waals surface area contributed by atoms with Gasteiger partial charge in [0.1, 0.15) is 18.0 Å². The van der Waals surface area contributed by atoms with Crippen LogP contribution in [0.2, 0.25) is 0 Å². The van der Waals surface area contributed by atoms with Crippen LogP contribution in [0.5, 0.6) is 0 Å². The van der Waals surface area contributed by atoms with Gasteiger partial charge in [-0.2, -0.15) is 13.2 Å². The number of benzene rings is 2. The van der Waals surface area contributed by atoms with Crippen molar-refractivity contribution in [3.8, 4) is 11.3 Å². The first kappa shape index (κ1) is 31.2. The highest BCUT2D eigenvalue weighted by Crippen LogP contribution is 2.45. The Bertz CT molecular complexity index is 1790. The molecule has 1 atom stereocenters. The van der Waals surface area contributed by atoms with Crippen LogP contribution in [0.3, 0.4) is 0 Å². The molecule has 4 aromatic rings. The number of rotatable bonds is 10. The molecule has 3 heterocycles. The Morgan fingerprint density at radius 3 is 2.61 bits per heavy atom. The van der Waals surface area contributed by atoms with Crippen molar-refractivity contribution in [1.82, 2.24) is 14.7 Å². The number of imidazole rings is 1. The van der Waals surface area contributed by atoms with Crippen LogP contribution in [0.1, 0.15) is 54.3 Å². The smallest absolute Gasteiger partial charge is 0.417 e. The molecular formula is C31H28F5N5O5. The maximum absolute atomic E-state index is 14.5. The minimum absolute atomic E-state index is 0.0770. The monoisotopic (exact) mass is 645 g/mol. The fourth-order valence-corrected chi connectivity index (χ4v) is 5.01. The van der Waals surface area contributed by atoms with Gasteiger partial charge in [-0.15, -0.1) is 0 Å². The fraction of sp³-hybridized carbons (Fsp3) is 0.323. The number of nitrogens with one attached hydrogen (secondary N) is 1. The van der Waals surface area contributed by atoms with Crippen LogP contribution in [-0.4, -0.2) is 50.7 Å². The number of aliphatic hydroxyl groups excluding tert-OH is 2. The van der Waals surface area contributed by atoms with E-state index in [4.69, 9.17) is 9.26 Å². The number of halogens is 5. The van der Waals surface area contributed by atoms with Crippen LogP contribution in [0.15, 0.2) is 59.5 Å². The maximum atomic E-state index is 14.5. The summed E-state index contributed by atoms with van der Waals surface area (Å²) in [6, 6.07) is 7.38. The molecule has 1 fully saturated rings. The summed E-state index contributed by atoms with van der Waals surface area (Å²) < 4.78 is 83.0. The van der Waals surface area contributed by atoms with Crippen molar-refractivity contribution in [1.29, 1.82) is 0 Å². The minimum Gasteiger partial charge on any atom is -0.463 e. The number of carbonyl (C=O) groups is 1. The van der Waals surface area contributed by atoms with Crippen molar-refractivity contribution in [3.63, 3.8) is 0 Å². The molecule has 0 amide bonds. The van der Waals surface area contributed by atoms with Crippen LogP contribution in [0.4, 0.5) is 33.5 Å². The lowest BCUT2D eigenvalue weighted by atomic mass is 9.94. The second-order valence-electron chi connectivity index (χ2n) is 11.6. The molecule has 1 saturated carbocycles. The number of carbonyl (C=O) groups excluding carboxylic acids is 1. The predicted molar refractivity (Wildman–Crippen MR) is 154 cm³/mol. The molecule has 2 aliphatic rings. The van der Waals surface area contributed by atoms with E-state index in [1.165, 1.54) is 59.4 Å². The highest BCUT2D eigenvalue weighted by Gasteiger charge is 2.38. The zero-order valence-electron chi connectivity index (χ0n) is 24.3. The van der Waals surface area contributed by atoms with Gasteiger partial charge >= 0.3 is 12.1 Å². The van der Waals surface area contributed by atoms with E-state index in [9.17, 15) is 37.0 Å². The lowest BCUT2D eigenvalue weighted by Gasteiger charge is -2.27. The third-order valence-corrected chi connectivity index (χ3v) is 7.93. The van der Waals surface area contributed by atoms with Gasteiger partial charge in [-0.1, -0.05) is 30.3 Å². The summed E-state index contributed by atoms with van der Waals surface area (Å²) in [6.07, 6.45) is 0.970. The quantitative estimate of drug-likeness (QED) is 0.148. The summed E-state index contributed by atoms with van der Waals surface area (Å²) in [5, 5.41) is 24.4. The molecule has 6 rings (SSSR count). The second kappa shape index (κ2) is 11.9. The van der Waals surface area contributed by atoms with E-state index in [0.717, 1.165) is 25.0 Å². The number of aromatic nitrogens is 3. The SMILES string of the molecule is CC(CO)(CO)COC(=O)C(c1cc(-c2ccc(C3CC3)cc2C(F)(F)F)no1)n1cnc2c1C=CN(c1cccc(F)c1F)N2. The van der Waals surface area contributed by atoms with Crippen LogP contribution < -0.4 is 10.4 Å². The highest BCUT2D eigenvalue weighted by molar-refractivity contribution is 5.80. The van der Waals surface area contributed by atoms with Gasteiger partial charge < -0.3 is 24.0 Å². The van der Waals surface area contributed by atoms with Crippen molar-refractivity contribution >= 4 is 23.6 Å². The highest BCUT2D eigenvalue weighted by atomic mass is 19.4. The van der Waals surface area contributed by atoms with Gasteiger partial charge in [0.15, 0.2) is 29.3 Å². The third kappa shape index (κ3) is 5.95. The Morgan fingerprint density at radius 1 is 1.15 bits per heavy atom. The number of nitrogens with zero attached hydrogens (tertiary/aromatic N) is 4. The summed E-state index contributed by atoms with van der Waals surface area (Å²) in [6.45, 7) is 0.0572. The zero-order valence-corrected chi connectivity index (χ0v) is 24.3. The molecule has 0 spiro atoms. The van der Waals surface area contributed by atoms with Gasteiger partial charge in [-0.3, -0.25) is 10.4 Å². The van der Waals surface area contributed by atoms with Gasteiger partial charge in [0.25, 0.3) is 0 Å². The Morgan fingerprint density at radius 2 is 1.91 bits per heavy atom. The minimum atomic E-state index is -4.69. The van der Waals surface area contributed by atoms with Crippen molar-refractivity contribution in [3.05, 3.63) is 89.2 Å². The number of ether oxygens (including phenoxy) is 1. The number of esters is 1. The van der Waals surface area contributed by atoms with Gasteiger partial charge in [-0.05, 0) is 48.6 Å². The van der Waals surface area contributed by atoms with E-state index < -0.39 is 60.6 Å². The molecule has 0 bridgehead atoms. The number of hydrogen-bond donors (Lipinski definition) is 3. The first-order valence-corrected chi connectivity index (χ1v) is 14.2. The number of fused-ring (bicyclic) bond motifs is 1. The summed E-state index contributed by atoms with van der Waals surface area (Å²) in [4.78, 5) is 17.9. The standard InChI is InChI=1S/C31H28F5N5O5/c1-30(13-42,14-43)15-45-29(44)27(40-16-37-28-24(40)9-10-41(38-28)23-4-2-3-21(32)26(23)33)25-12-22(39-46-25)19-8-7-18(17-5-6-17)11-20(19)31(34,35)36/h2-4,7-12,16-17,27,38,42-43H,5-6,13-15H2,1H3. The van der Waals surface area contributed by atoms with Crippen molar-refractivity contribution < 1.29 is 46.2 Å². The summed E-state index contributed by atoms with van der Waals surface area (Å²) in [5.74, 6) is -3.13. The van der Waals surface area contributed by atoms with Gasteiger partial charge in [-0.25, -0.2) is 18.6 Å². The van der Waals surface area contributed by atoms with Crippen LogP contribution >= 0.6 is 0 Å². The molecule has 242 valence electrons. The van der Waals surface area contributed by atoms with Gasteiger partial charge in [0.2, 0.25) is 0 Å². The first-order valence-electron chi connectivity index (χ1n) is 14.2. The number of hydrogen-bond acceptors (Lipinski definition) is 9. The average molecular weight is 646 g/mol. The fourth-order valence-electron chi connectivity index (χ4n) is 5.01. The maximum Gasteiger partial charge on any atom is 0.417 e.